The minimum atomic E-state index is -0.133. The molecule has 0 N–H and O–H groups in total. The number of rotatable bonds is 10. The number of hydrogen-bond donors (Lipinski definition) is 0. The van der Waals surface area contributed by atoms with Crippen molar-refractivity contribution in [1.82, 2.24) is 0 Å². The van der Waals surface area contributed by atoms with Gasteiger partial charge in [-0.3, -0.25) is 0 Å². The van der Waals surface area contributed by atoms with Crippen molar-refractivity contribution in [2.24, 2.45) is 0 Å². The van der Waals surface area contributed by atoms with Gasteiger partial charge >= 0.3 is 0 Å². The van der Waals surface area contributed by atoms with Crippen molar-refractivity contribution < 1.29 is 8.83 Å². The zero-order chi connectivity index (χ0) is 62.5. The molecule has 0 saturated carbocycles. The van der Waals surface area contributed by atoms with Gasteiger partial charge in [-0.25, -0.2) is 0 Å². The first kappa shape index (κ1) is 54.3. The predicted molar refractivity (Wildman–Crippen MR) is 399 cm³/mol. The van der Waals surface area contributed by atoms with Crippen LogP contribution in [0.25, 0.3) is 133 Å². The molecule has 0 unspecified atom stereocenters. The van der Waals surface area contributed by atoms with Gasteiger partial charge in [-0.1, -0.05) is 285 Å². The van der Waals surface area contributed by atoms with Crippen LogP contribution in [0.5, 0.6) is 0 Å². The van der Waals surface area contributed by atoms with Crippen molar-refractivity contribution >= 4 is 101 Å². The quantitative estimate of drug-likeness (QED) is 0.128. The van der Waals surface area contributed by atoms with Gasteiger partial charge in [0.1, 0.15) is 22.3 Å². The fraction of sp³-hybridized carbons (Fsp3) is 0. The Morgan fingerprint density at radius 2 is 0.495 bits per heavy atom. The van der Waals surface area contributed by atoms with Crippen molar-refractivity contribution in [2.45, 2.75) is 0 Å². The first-order chi connectivity index (χ1) is 47.2. The number of fused-ring (bicyclic) bond motifs is 10. The van der Waals surface area contributed by atoms with E-state index in [1.807, 2.05) is 12.1 Å². The number of anilines is 6. The van der Waals surface area contributed by atoms with E-state index in [0.29, 0.717) is 0 Å². The Labute approximate surface area is 551 Å². The SMILES string of the molecule is c1ccc(-c2ccccc2-c2cccc(-c3ccccc3-c3ccc4c(c3)oc3ccccc34)c2N2c3ccccc3B3c4ccccc4N(c4c(-c5ccccc5-c5ccccc5)cccc4-c4ccccc4-c4ccc5c(c4)oc4ccccc45)c4cccc2c43)cc1. The molecule has 2 aromatic heterocycles. The second-order valence-electron chi connectivity index (χ2n) is 24.9. The van der Waals surface area contributed by atoms with Gasteiger partial charge in [-0.15, -0.1) is 0 Å². The molecule has 442 valence electrons. The largest absolute Gasteiger partial charge is 0.456 e. The maximum absolute atomic E-state index is 6.62. The monoisotopic (exact) mass is 1210 g/mol. The maximum Gasteiger partial charge on any atom is 0.252 e. The second kappa shape index (κ2) is 22.2. The molecule has 2 aliphatic heterocycles. The Kier molecular flexibility index (Phi) is 12.7. The normalized spacial score (nSPS) is 12.4. The molecular formula is C90H57BN2O2. The summed E-state index contributed by atoms with van der Waals surface area (Å²) in [6.45, 7) is -0.133. The summed E-state index contributed by atoms with van der Waals surface area (Å²) in [6, 6.07) is 127. The molecule has 0 radical (unpaired) electrons. The zero-order valence-corrected chi connectivity index (χ0v) is 51.7. The van der Waals surface area contributed by atoms with Crippen LogP contribution in [0, 0.1) is 0 Å². The fourth-order valence-electron chi connectivity index (χ4n) is 15.7. The van der Waals surface area contributed by atoms with Crippen LogP contribution in [-0.4, -0.2) is 6.71 Å². The van der Waals surface area contributed by atoms with Crippen LogP contribution < -0.4 is 26.2 Å². The minimum absolute atomic E-state index is 0.133. The summed E-state index contributed by atoms with van der Waals surface area (Å²) < 4.78 is 13.2. The average molecular weight is 1210 g/mol. The van der Waals surface area contributed by atoms with Crippen LogP contribution in [-0.2, 0) is 0 Å². The molecule has 17 aromatic rings. The van der Waals surface area contributed by atoms with Crippen molar-refractivity contribution in [3.63, 3.8) is 0 Å². The molecule has 19 rings (SSSR count). The van der Waals surface area contributed by atoms with Gasteiger partial charge in [0.05, 0.1) is 11.4 Å². The highest BCUT2D eigenvalue weighted by Gasteiger charge is 2.45. The van der Waals surface area contributed by atoms with E-state index in [1.165, 1.54) is 16.4 Å². The van der Waals surface area contributed by atoms with Gasteiger partial charge in [0, 0.05) is 66.5 Å². The summed E-state index contributed by atoms with van der Waals surface area (Å²) in [4.78, 5) is 5.23. The Morgan fingerprint density at radius 3 is 0.905 bits per heavy atom. The minimum Gasteiger partial charge on any atom is -0.456 e. The predicted octanol–water partition coefficient (Wildman–Crippen LogP) is 22.9. The Balaban J connectivity index is 0.887. The summed E-state index contributed by atoms with van der Waals surface area (Å²) in [6.07, 6.45) is 0. The van der Waals surface area contributed by atoms with Gasteiger partial charge in [0.15, 0.2) is 0 Å². The fourth-order valence-corrected chi connectivity index (χ4v) is 15.7. The van der Waals surface area contributed by atoms with E-state index in [2.05, 4.69) is 343 Å². The Morgan fingerprint density at radius 1 is 0.200 bits per heavy atom. The highest BCUT2D eigenvalue weighted by Crippen LogP contribution is 2.55. The van der Waals surface area contributed by atoms with Crippen LogP contribution in [0.1, 0.15) is 0 Å². The Hall–Kier alpha value is -12.4. The standard InChI is InChI=1S/C90H57BN2O2/c1-3-26-58(27-4-1)62-30-7-11-34-66(62)74-40-23-42-76(68-36-13-9-32-64(68)60-52-54-72-70-38-15-21-50-84(70)94-86(72)56-60)89(74)92-80-46-19-17-44-78(80)91-79-45-18-20-47-81(79)93(83-49-25-48-82(92)88(83)91)90-75(67-35-12-8-31-63(67)59-28-5-2-6-29-59)41-24-43-77(90)69-37-14-10-33-65(69)61-53-55-73-71-39-16-22-51-85(71)95-87(73)57-61/h1-57H. The van der Waals surface area contributed by atoms with Crippen molar-refractivity contribution in [3.8, 4) is 89.0 Å². The number of furan rings is 2. The molecule has 4 heterocycles. The van der Waals surface area contributed by atoms with E-state index >= 15 is 0 Å². The van der Waals surface area contributed by atoms with E-state index < -0.39 is 0 Å². The molecule has 0 bridgehead atoms. The molecule has 0 spiro atoms. The third kappa shape index (κ3) is 8.70. The molecule has 2 aliphatic rings. The number of para-hydroxylation sites is 6. The van der Waals surface area contributed by atoms with Gasteiger partial charge < -0.3 is 18.6 Å². The molecule has 4 nitrogen and oxygen atoms in total. The average Bonchev–Trinajstić information content (AvgIpc) is 1.14. The highest BCUT2D eigenvalue weighted by molar-refractivity contribution is 7.00. The van der Waals surface area contributed by atoms with Gasteiger partial charge in [-0.2, -0.15) is 0 Å². The van der Waals surface area contributed by atoms with Crippen molar-refractivity contribution in [3.05, 3.63) is 346 Å². The third-order valence-corrected chi connectivity index (χ3v) is 19.7. The van der Waals surface area contributed by atoms with Crippen LogP contribution in [0.2, 0.25) is 0 Å². The topological polar surface area (TPSA) is 32.8 Å². The second-order valence-corrected chi connectivity index (χ2v) is 24.9. The molecule has 0 saturated heterocycles. The van der Waals surface area contributed by atoms with E-state index in [9.17, 15) is 0 Å². The molecule has 0 atom stereocenters. The van der Waals surface area contributed by atoms with E-state index in [1.54, 1.807) is 0 Å². The Bertz CT molecular complexity index is 5550. The van der Waals surface area contributed by atoms with E-state index in [4.69, 9.17) is 8.83 Å². The first-order valence-electron chi connectivity index (χ1n) is 32.7. The third-order valence-electron chi connectivity index (χ3n) is 19.7. The van der Waals surface area contributed by atoms with Crippen LogP contribution >= 0.6 is 0 Å². The number of nitrogens with zero attached hydrogens (tertiary/aromatic N) is 2. The van der Waals surface area contributed by atoms with Crippen LogP contribution in [0.3, 0.4) is 0 Å². The van der Waals surface area contributed by atoms with Crippen LogP contribution in [0.15, 0.2) is 355 Å². The number of hydrogen-bond acceptors (Lipinski definition) is 4. The summed E-state index contributed by atoms with van der Waals surface area (Å²) in [5.74, 6) is 0. The summed E-state index contributed by atoms with van der Waals surface area (Å²) >= 11 is 0. The zero-order valence-electron chi connectivity index (χ0n) is 51.7. The molecule has 0 aliphatic carbocycles. The lowest BCUT2D eigenvalue weighted by Crippen LogP contribution is -2.61. The first-order valence-corrected chi connectivity index (χ1v) is 32.7. The summed E-state index contributed by atoms with van der Waals surface area (Å²) in [5.41, 5.74) is 31.8. The molecule has 95 heavy (non-hydrogen) atoms. The summed E-state index contributed by atoms with van der Waals surface area (Å²) in [7, 11) is 0. The lowest BCUT2D eigenvalue weighted by atomic mass is 9.33. The van der Waals surface area contributed by atoms with Gasteiger partial charge in [-0.05, 0) is 144 Å². The van der Waals surface area contributed by atoms with Crippen LogP contribution in [0.4, 0.5) is 34.1 Å². The van der Waals surface area contributed by atoms with Gasteiger partial charge in [0.25, 0.3) is 6.71 Å². The van der Waals surface area contributed by atoms with Gasteiger partial charge in [0.2, 0.25) is 0 Å². The highest BCUT2D eigenvalue weighted by atomic mass is 16.3. The molecular weight excluding hydrogens is 1150 g/mol. The smallest absolute Gasteiger partial charge is 0.252 e. The summed E-state index contributed by atoms with van der Waals surface area (Å²) in [5, 5.41) is 4.43. The van der Waals surface area contributed by atoms with Crippen molar-refractivity contribution in [2.75, 3.05) is 9.80 Å². The van der Waals surface area contributed by atoms with Crippen molar-refractivity contribution in [1.29, 1.82) is 0 Å². The molecule has 0 fully saturated rings. The lowest BCUT2D eigenvalue weighted by molar-refractivity contribution is 0.668. The lowest BCUT2D eigenvalue weighted by Gasteiger charge is -2.45. The molecule has 5 heteroatoms. The van der Waals surface area contributed by atoms with E-state index in [-0.39, 0.29) is 6.71 Å². The number of benzene rings is 15. The van der Waals surface area contributed by atoms with E-state index in [0.717, 1.165) is 167 Å². The molecule has 0 amide bonds. The maximum atomic E-state index is 6.62. The molecule has 15 aromatic carbocycles.